The van der Waals surface area contributed by atoms with E-state index in [-0.39, 0.29) is 5.56 Å². The Labute approximate surface area is 102 Å². The van der Waals surface area contributed by atoms with Crippen molar-refractivity contribution >= 4 is 28.1 Å². The summed E-state index contributed by atoms with van der Waals surface area (Å²) in [6, 6.07) is 6.64. The first kappa shape index (κ1) is 11.5. The quantitative estimate of drug-likeness (QED) is 0.904. The molecule has 17 heavy (non-hydrogen) atoms. The van der Waals surface area contributed by atoms with Crippen LogP contribution >= 0.6 is 11.3 Å². The summed E-state index contributed by atoms with van der Waals surface area (Å²) >= 11 is 1.49. The summed E-state index contributed by atoms with van der Waals surface area (Å²) in [7, 11) is 1.87. The predicted octanol–water partition coefficient (Wildman–Crippen LogP) is 2.31. The molecule has 0 radical (unpaired) electrons. The molecule has 0 unspecified atom stereocenters. The molecule has 0 saturated carbocycles. The maximum atomic E-state index is 10.7. The van der Waals surface area contributed by atoms with Gasteiger partial charge in [-0.3, -0.25) is 0 Å². The number of carboxylic acid groups (broad SMARTS) is 1. The maximum Gasteiger partial charge on any atom is 0.335 e. The molecule has 0 bridgehead atoms. The molecule has 0 saturated heterocycles. The first-order chi connectivity index (χ1) is 8.08. The first-order valence-electron chi connectivity index (χ1n) is 4.95. The lowest BCUT2D eigenvalue weighted by atomic mass is 10.2. The second-order valence-electron chi connectivity index (χ2n) is 3.51. The molecule has 0 aliphatic rings. The lowest BCUT2D eigenvalue weighted by molar-refractivity contribution is 0.0697. The van der Waals surface area contributed by atoms with Crippen molar-refractivity contribution in [3.63, 3.8) is 0 Å². The van der Waals surface area contributed by atoms with Gasteiger partial charge in [0.1, 0.15) is 5.01 Å². The molecule has 1 heterocycles. The van der Waals surface area contributed by atoms with Gasteiger partial charge in [-0.05, 0) is 31.2 Å². The Balaban J connectivity index is 2.25. The molecule has 0 fully saturated rings. The lowest BCUT2D eigenvalue weighted by Gasteiger charge is -2.14. The highest BCUT2D eigenvalue weighted by molar-refractivity contribution is 7.15. The molecular weight excluding hydrogens is 238 g/mol. The molecule has 5 nitrogen and oxygen atoms in total. The Hall–Kier alpha value is -1.95. The predicted molar refractivity (Wildman–Crippen MR) is 66.1 cm³/mol. The van der Waals surface area contributed by atoms with Crippen LogP contribution in [0.25, 0.3) is 0 Å². The summed E-state index contributed by atoms with van der Waals surface area (Å²) < 4.78 is 0. The summed E-state index contributed by atoms with van der Waals surface area (Å²) in [6.07, 6.45) is 0. The summed E-state index contributed by atoms with van der Waals surface area (Å²) in [6.45, 7) is 1.89. The normalized spacial score (nSPS) is 10.2. The second kappa shape index (κ2) is 4.50. The highest BCUT2D eigenvalue weighted by atomic mass is 32.1. The van der Waals surface area contributed by atoms with Crippen molar-refractivity contribution in [2.24, 2.45) is 0 Å². The minimum Gasteiger partial charge on any atom is -0.478 e. The highest BCUT2D eigenvalue weighted by Gasteiger charge is 2.09. The van der Waals surface area contributed by atoms with Crippen molar-refractivity contribution in [2.45, 2.75) is 6.92 Å². The van der Waals surface area contributed by atoms with Gasteiger partial charge in [0.2, 0.25) is 5.13 Å². The van der Waals surface area contributed by atoms with Crippen LogP contribution in [0.1, 0.15) is 15.4 Å². The first-order valence-corrected chi connectivity index (χ1v) is 5.77. The Bertz CT molecular complexity index is 536. The van der Waals surface area contributed by atoms with E-state index >= 15 is 0 Å². The Morgan fingerprint density at radius 3 is 2.41 bits per heavy atom. The molecule has 0 aliphatic heterocycles. The molecule has 1 aromatic carbocycles. The van der Waals surface area contributed by atoms with E-state index in [9.17, 15) is 4.79 Å². The molecule has 0 aliphatic carbocycles. The smallest absolute Gasteiger partial charge is 0.335 e. The second-order valence-corrected chi connectivity index (χ2v) is 4.67. The minimum absolute atomic E-state index is 0.274. The molecular formula is C11H11N3O2S. The average molecular weight is 249 g/mol. The van der Waals surface area contributed by atoms with Crippen LogP contribution < -0.4 is 4.90 Å². The zero-order valence-corrected chi connectivity index (χ0v) is 10.2. The van der Waals surface area contributed by atoms with Crippen molar-refractivity contribution in [1.82, 2.24) is 10.2 Å². The van der Waals surface area contributed by atoms with E-state index in [0.717, 1.165) is 15.8 Å². The van der Waals surface area contributed by atoms with Gasteiger partial charge < -0.3 is 10.0 Å². The van der Waals surface area contributed by atoms with Crippen LogP contribution in [0.4, 0.5) is 10.8 Å². The van der Waals surface area contributed by atoms with Gasteiger partial charge in [0.15, 0.2) is 0 Å². The topological polar surface area (TPSA) is 66.3 Å². The van der Waals surface area contributed by atoms with E-state index in [2.05, 4.69) is 10.2 Å². The van der Waals surface area contributed by atoms with Crippen LogP contribution in [0.2, 0.25) is 0 Å². The number of anilines is 2. The summed E-state index contributed by atoms with van der Waals surface area (Å²) in [4.78, 5) is 12.6. The van der Waals surface area contributed by atoms with E-state index in [0.29, 0.717) is 0 Å². The third-order valence-electron chi connectivity index (χ3n) is 2.30. The Kier molecular flexibility index (Phi) is 3.06. The van der Waals surface area contributed by atoms with E-state index in [1.54, 1.807) is 24.3 Å². The van der Waals surface area contributed by atoms with Crippen LogP contribution in [-0.4, -0.2) is 28.3 Å². The van der Waals surface area contributed by atoms with Crippen molar-refractivity contribution in [3.05, 3.63) is 34.8 Å². The number of carbonyl (C=O) groups is 1. The highest BCUT2D eigenvalue weighted by Crippen LogP contribution is 2.26. The van der Waals surface area contributed by atoms with Gasteiger partial charge in [-0.25, -0.2) is 4.79 Å². The summed E-state index contributed by atoms with van der Waals surface area (Å²) in [5.74, 6) is -0.925. The van der Waals surface area contributed by atoms with Crippen molar-refractivity contribution < 1.29 is 9.90 Å². The van der Waals surface area contributed by atoms with E-state index in [1.165, 1.54) is 11.3 Å². The van der Waals surface area contributed by atoms with Crippen LogP contribution in [0.15, 0.2) is 24.3 Å². The molecule has 2 rings (SSSR count). The van der Waals surface area contributed by atoms with Crippen molar-refractivity contribution in [2.75, 3.05) is 11.9 Å². The third kappa shape index (κ3) is 2.42. The molecule has 0 atom stereocenters. The number of hydrogen-bond acceptors (Lipinski definition) is 5. The standard InChI is InChI=1S/C11H11N3O2S/c1-7-12-13-11(17-7)14(2)9-5-3-8(4-6-9)10(15)16/h3-6H,1-2H3,(H,15,16). The average Bonchev–Trinajstić information content (AvgIpc) is 2.75. The van der Waals surface area contributed by atoms with E-state index < -0.39 is 5.97 Å². The molecule has 1 aromatic heterocycles. The number of benzene rings is 1. The lowest BCUT2D eigenvalue weighted by Crippen LogP contribution is -2.09. The van der Waals surface area contributed by atoms with Gasteiger partial charge in [0, 0.05) is 12.7 Å². The molecule has 0 spiro atoms. The fourth-order valence-corrected chi connectivity index (χ4v) is 2.03. The van der Waals surface area contributed by atoms with Crippen molar-refractivity contribution in [1.29, 1.82) is 0 Å². The van der Waals surface area contributed by atoms with Gasteiger partial charge in [0.05, 0.1) is 5.56 Å². The van der Waals surface area contributed by atoms with Gasteiger partial charge >= 0.3 is 5.97 Å². The zero-order valence-electron chi connectivity index (χ0n) is 9.41. The van der Waals surface area contributed by atoms with Gasteiger partial charge in [-0.2, -0.15) is 0 Å². The zero-order chi connectivity index (χ0) is 12.4. The summed E-state index contributed by atoms with van der Waals surface area (Å²) in [5, 5.41) is 18.5. The summed E-state index contributed by atoms with van der Waals surface area (Å²) in [5.41, 5.74) is 1.15. The Morgan fingerprint density at radius 1 is 1.29 bits per heavy atom. The fraction of sp³-hybridized carbons (Fsp3) is 0.182. The molecule has 2 aromatic rings. The largest absolute Gasteiger partial charge is 0.478 e. The maximum absolute atomic E-state index is 10.7. The molecule has 1 N–H and O–H groups in total. The van der Waals surface area contributed by atoms with Crippen LogP contribution in [0, 0.1) is 6.92 Å². The number of aromatic nitrogens is 2. The number of aromatic carboxylic acids is 1. The fourth-order valence-electron chi connectivity index (χ4n) is 1.36. The molecule has 6 heteroatoms. The SMILES string of the molecule is Cc1nnc(N(C)c2ccc(C(=O)O)cc2)s1. The number of rotatable bonds is 3. The number of hydrogen-bond donors (Lipinski definition) is 1. The third-order valence-corrected chi connectivity index (χ3v) is 3.22. The van der Waals surface area contributed by atoms with E-state index in [4.69, 9.17) is 5.11 Å². The number of nitrogens with zero attached hydrogens (tertiary/aromatic N) is 3. The molecule has 88 valence electrons. The molecule has 0 amide bonds. The van der Waals surface area contributed by atoms with Crippen LogP contribution in [0.3, 0.4) is 0 Å². The van der Waals surface area contributed by atoms with Crippen molar-refractivity contribution in [3.8, 4) is 0 Å². The van der Waals surface area contributed by atoms with E-state index in [1.807, 2.05) is 18.9 Å². The minimum atomic E-state index is -0.925. The number of carboxylic acids is 1. The van der Waals surface area contributed by atoms with Gasteiger partial charge in [-0.1, -0.05) is 11.3 Å². The number of aryl methyl sites for hydroxylation is 1. The Morgan fingerprint density at radius 2 is 1.94 bits per heavy atom. The van der Waals surface area contributed by atoms with Crippen LogP contribution in [0.5, 0.6) is 0 Å². The van der Waals surface area contributed by atoms with Gasteiger partial charge in [0.25, 0.3) is 0 Å². The van der Waals surface area contributed by atoms with Gasteiger partial charge in [-0.15, -0.1) is 10.2 Å². The monoisotopic (exact) mass is 249 g/mol. The van der Waals surface area contributed by atoms with Crippen LogP contribution in [-0.2, 0) is 0 Å².